The molecule has 4 aliphatic rings. The smallest absolute Gasteiger partial charge is 0.312 e. The third-order valence-corrected chi connectivity index (χ3v) is 12.2. The highest BCUT2D eigenvalue weighted by Crippen LogP contribution is 2.55. The van der Waals surface area contributed by atoms with Crippen molar-refractivity contribution in [2.45, 2.75) is 105 Å². The Morgan fingerprint density at radius 2 is 1.63 bits per heavy atom. The molecule has 0 saturated carbocycles. The van der Waals surface area contributed by atoms with Crippen LogP contribution in [-0.4, -0.2) is 100 Å². The fourth-order valence-corrected chi connectivity index (χ4v) is 8.31. The second-order valence-electron chi connectivity index (χ2n) is 16.4. The van der Waals surface area contributed by atoms with E-state index in [1.807, 2.05) is 0 Å². The molecule has 1 saturated heterocycles. The SMILES string of the molecule is CO[C@H]1/C=C/O[C@@]2(C)Oc3c(C)c(O)c4c(O)c(c(CNCC5CCOCC5)c(O)c4c3C2=O)NC(=O)/C(C)=C\C=C\[C@H](C)[C@H](O)[C@@H](C)[C@@H](O)[C@@H](C)[C@H](OC(C)=O)[C@@H]1C. The summed E-state index contributed by atoms with van der Waals surface area (Å²) in [6.07, 6.45) is 5.32. The molecule has 0 aliphatic carbocycles. The number of benzene rings is 2. The molecule has 15 nitrogen and oxygen atoms in total. The van der Waals surface area contributed by atoms with E-state index in [1.165, 1.54) is 46.3 Å². The molecule has 0 radical (unpaired) electrons. The Bertz CT molecular complexity index is 2000. The zero-order valence-electron chi connectivity index (χ0n) is 35.3. The minimum Gasteiger partial charge on any atom is -0.507 e. The van der Waals surface area contributed by atoms with Crippen molar-refractivity contribution >= 4 is 34.1 Å². The van der Waals surface area contributed by atoms with Crippen molar-refractivity contribution in [3.63, 3.8) is 0 Å². The lowest BCUT2D eigenvalue weighted by molar-refractivity contribution is -0.160. The number of Topliss-reactive ketones (excluding diaryl/α,β-unsaturated/α-hetero) is 1. The third kappa shape index (κ3) is 9.24. The van der Waals surface area contributed by atoms with Crippen LogP contribution in [0.25, 0.3) is 10.8 Å². The van der Waals surface area contributed by atoms with Crippen LogP contribution in [0.15, 0.2) is 36.1 Å². The van der Waals surface area contributed by atoms with Gasteiger partial charge < -0.3 is 59.9 Å². The molecule has 4 aliphatic heterocycles. The second-order valence-corrected chi connectivity index (χ2v) is 16.4. The van der Waals surface area contributed by atoms with Crippen LogP contribution in [-0.2, 0) is 35.1 Å². The summed E-state index contributed by atoms with van der Waals surface area (Å²) >= 11 is 0. The molecule has 59 heavy (non-hydrogen) atoms. The minimum atomic E-state index is -2.02. The average Bonchev–Trinajstić information content (AvgIpc) is 3.47. The number of hydrogen-bond acceptors (Lipinski definition) is 14. The lowest BCUT2D eigenvalue weighted by Crippen LogP contribution is -2.46. The molecule has 2 aromatic rings. The number of phenolic OH excluding ortho intramolecular Hbond substituents is 3. The van der Waals surface area contributed by atoms with Gasteiger partial charge in [-0.3, -0.25) is 14.4 Å². The highest BCUT2D eigenvalue weighted by molar-refractivity contribution is 6.22. The van der Waals surface area contributed by atoms with Gasteiger partial charge in [0.15, 0.2) is 5.75 Å². The van der Waals surface area contributed by atoms with Gasteiger partial charge in [-0.2, -0.15) is 0 Å². The maximum absolute atomic E-state index is 14.4. The Morgan fingerprint density at radius 1 is 0.949 bits per heavy atom. The van der Waals surface area contributed by atoms with Crippen molar-refractivity contribution in [2.75, 3.05) is 32.2 Å². The number of aliphatic hydroxyl groups excluding tert-OH is 2. The number of carbonyl (C=O) groups excluding carboxylic acids is 3. The van der Waals surface area contributed by atoms with E-state index in [4.69, 9.17) is 23.7 Å². The van der Waals surface area contributed by atoms with Gasteiger partial charge in [-0.25, -0.2) is 0 Å². The van der Waals surface area contributed by atoms with Crippen LogP contribution >= 0.6 is 0 Å². The van der Waals surface area contributed by atoms with Crippen molar-refractivity contribution < 1.29 is 63.6 Å². The minimum absolute atomic E-state index is 0.0388. The quantitative estimate of drug-likeness (QED) is 0.112. The van der Waals surface area contributed by atoms with Crippen LogP contribution in [0.5, 0.6) is 23.0 Å². The topological polar surface area (TPSA) is 223 Å². The van der Waals surface area contributed by atoms with Crippen LogP contribution in [0.4, 0.5) is 5.69 Å². The number of aromatic hydroxyl groups is 3. The number of rotatable bonds is 6. The standard InChI is InChI=1S/C44H60N2O13/c1-21-11-10-12-22(2)43(54)46-34-29(20-45-19-28-13-16-56-17-14-28)38(51)31-32(39(34)52)37(50)26(6)41-33(31)42(53)44(8,59-41)57-18-15-30(55-9)23(3)40(58-27(7)47)25(5)36(49)24(4)35(21)48/h10-12,15,18,21,23-25,28,30,35-36,40,45,48-52H,13-14,16-17,19-20H2,1-9H3,(H,46,54)/b11-10+,18-15+,22-12-/t21-,23+,24+,25+,30-,35-,36+,40+,44-/m0/s1. The Kier molecular flexibility index (Phi) is 14.4. The molecule has 0 aromatic heterocycles. The second kappa shape index (κ2) is 18.7. The molecule has 2 aromatic carbocycles. The number of aliphatic hydroxyl groups is 2. The van der Waals surface area contributed by atoms with E-state index in [2.05, 4.69) is 10.6 Å². The van der Waals surface area contributed by atoms with Crippen LogP contribution in [0.2, 0.25) is 0 Å². The summed E-state index contributed by atoms with van der Waals surface area (Å²) in [5.74, 6) is -7.73. The Morgan fingerprint density at radius 3 is 2.27 bits per heavy atom. The number of ether oxygens (including phenoxy) is 5. The summed E-state index contributed by atoms with van der Waals surface area (Å²) < 4.78 is 29.1. The van der Waals surface area contributed by atoms with Gasteiger partial charge in [0.1, 0.15) is 23.4 Å². The van der Waals surface area contributed by atoms with Crippen molar-refractivity contribution in [2.24, 2.45) is 29.6 Å². The van der Waals surface area contributed by atoms with Crippen molar-refractivity contribution in [3.05, 3.63) is 52.8 Å². The molecule has 324 valence electrons. The van der Waals surface area contributed by atoms with Gasteiger partial charge in [-0.15, -0.1) is 0 Å². The first-order valence-electron chi connectivity index (χ1n) is 20.2. The van der Waals surface area contributed by atoms with E-state index in [9.17, 15) is 39.9 Å². The predicted molar refractivity (Wildman–Crippen MR) is 219 cm³/mol. The Balaban J connectivity index is 1.66. The first-order chi connectivity index (χ1) is 27.8. The van der Waals surface area contributed by atoms with E-state index >= 15 is 0 Å². The van der Waals surface area contributed by atoms with Gasteiger partial charge in [0.05, 0.1) is 41.2 Å². The third-order valence-electron chi connectivity index (χ3n) is 12.2. The molecule has 0 unspecified atom stereocenters. The molecular weight excluding hydrogens is 764 g/mol. The van der Waals surface area contributed by atoms with Gasteiger partial charge in [-0.1, -0.05) is 45.9 Å². The molecule has 15 heteroatoms. The summed E-state index contributed by atoms with van der Waals surface area (Å²) in [4.78, 5) is 40.5. The Labute approximate surface area is 345 Å². The molecule has 0 spiro atoms. The summed E-state index contributed by atoms with van der Waals surface area (Å²) in [5.41, 5.74) is 0.0359. The zero-order chi connectivity index (χ0) is 43.5. The van der Waals surface area contributed by atoms with E-state index in [0.29, 0.717) is 19.8 Å². The normalized spacial score (nSPS) is 31.9. The molecule has 4 heterocycles. The maximum atomic E-state index is 14.4. The number of fused-ring (bicyclic) bond motifs is 14. The fourth-order valence-electron chi connectivity index (χ4n) is 8.31. The van der Waals surface area contributed by atoms with Crippen LogP contribution in [0.1, 0.15) is 82.8 Å². The first-order valence-corrected chi connectivity index (χ1v) is 20.2. The van der Waals surface area contributed by atoms with E-state index in [-0.39, 0.29) is 56.9 Å². The summed E-state index contributed by atoms with van der Waals surface area (Å²) in [7, 11) is 1.44. The predicted octanol–water partition coefficient (Wildman–Crippen LogP) is 5.27. The van der Waals surface area contributed by atoms with Crippen molar-refractivity contribution in [1.29, 1.82) is 0 Å². The molecule has 1 amide bonds. The number of carbonyl (C=O) groups is 3. The van der Waals surface area contributed by atoms with Crippen LogP contribution in [0.3, 0.4) is 0 Å². The zero-order valence-corrected chi connectivity index (χ0v) is 35.3. The van der Waals surface area contributed by atoms with E-state index < -0.39 is 88.8 Å². The monoisotopic (exact) mass is 824 g/mol. The van der Waals surface area contributed by atoms with Crippen LogP contribution in [0, 0.1) is 36.5 Å². The van der Waals surface area contributed by atoms with Gasteiger partial charge in [0.2, 0.25) is 0 Å². The lowest BCUT2D eigenvalue weighted by atomic mass is 9.78. The van der Waals surface area contributed by atoms with Crippen molar-refractivity contribution in [3.8, 4) is 23.0 Å². The first kappa shape index (κ1) is 45.4. The molecule has 6 rings (SSSR count). The largest absolute Gasteiger partial charge is 0.507 e. The van der Waals surface area contributed by atoms with E-state index in [0.717, 1.165) is 12.8 Å². The molecule has 1 fully saturated rings. The molecule has 7 N–H and O–H groups in total. The average molecular weight is 825 g/mol. The summed E-state index contributed by atoms with van der Waals surface area (Å²) in [5, 5.41) is 64.0. The highest BCUT2D eigenvalue weighted by atomic mass is 16.7. The number of allylic oxidation sites excluding steroid dienone is 2. The number of esters is 1. The van der Waals surface area contributed by atoms with Gasteiger partial charge >= 0.3 is 11.8 Å². The fraction of sp³-hybridized carbons (Fsp3) is 0.568. The van der Waals surface area contributed by atoms with Crippen LogP contribution < -0.4 is 15.4 Å². The van der Waals surface area contributed by atoms with Gasteiger partial charge in [0, 0.05) is 86.5 Å². The number of nitrogens with one attached hydrogen (secondary N) is 2. The maximum Gasteiger partial charge on any atom is 0.312 e. The number of ketones is 1. The number of anilines is 1. The van der Waals surface area contributed by atoms with E-state index in [1.54, 1.807) is 46.8 Å². The van der Waals surface area contributed by atoms with Gasteiger partial charge in [-0.05, 0) is 45.2 Å². The summed E-state index contributed by atoms with van der Waals surface area (Å²) in [6, 6.07) is 0. The van der Waals surface area contributed by atoms with Gasteiger partial charge in [0.25, 0.3) is 11.7 Å². The number of methoxy groups -OCH3 is 1. The number of phenols is 3. The highest BCUT2D eigenvalue weighted by Gasteiger charge is 2.50. The number of hydrogen-bond donors (Lipinski definition) is 7. The Hall–Kier alpha value is -4.67. The van der Waals surface area contributed by atoms with Crippen molar-refractivity contribution in [1.82, 2.24) is 5.32 Å². The summed E-state index contributed by atoms with van der Waals surface area (Å²) in [6.45, 7) is 14.3. The lowest BCUT2D eigenvalue weighted by Gasteiger charge is -2.38. The molecule has 9 atom stereocenters. The number of amides is 1. The molecule has 5 bridgehead atoms. The molecular formula is C44H60N2O13.